The Morgan fingerprint density at radius 1 is 0.676 bits per heavy atom. The molecule has 2 aliphatic carbocycles. The number of benzene rings is 5. The molecule has 8 rings (SSSR count). The Balaban J connectivity index is 1.40. The predicted molar refractivity (Wildman–Crippen MR) is 144 cm³/mol. The van der Waals surface area contributed by atoms with Crippen LogP contribution in [0.15, 0.2) is 84.9 Å². The summed E-state index contributed by atoms with van der Waals surface area (Å²) in [6.07, 6.45) is 3.50. The largest absolute Gasteiger partial charge is 0.377 e. The van der Waals surface area contributed by atoms with Crippen LogP contribution in [0.3, 0.4) is 0 Å². The molecule has 0 amide bonds. The summed E-state index contributed by atoms with van der Waals surface area (Å²) in [7, 11) is 0. The third kappa shape index (κ3) is 2.20. The molecular formula is C33H25N. The van der Waals surface area contributed by atoms with Gasteiger partial charge in [-0.3, -0.25) is 0 Å². The lowest BCUT2D eigenvalue weighted by molar-refractivity contribution is 0.660. The van der Waals surface area contributed by atoms with E-state index in [-0.39, 0.29) is 5.41 Å². The third-order valence-electron chi connectivity index (χ3n) is 8.53. The fourth-order valence-corrected chi connectivity index (χ4v) is 6.88. The zero-order chi connectivity index (χ0) is 22.6. The summed E-state index contributed by atoms with van der Waals surface area (Å²) in [6.45, 7) is 4.72. The van der Waals surface area contributed by atoms with Gasteiger partial charge in [0.1, 0.15) is 0 Å². The Kier molecular flexibility index (Phi) is 3.38. The molecule has 1 aliphatic heterocycles. The number of anilines is 1. The predicted octanol–water partition coefficient (Wildman–Crippen LogP) is 8.19. The number of hydrogen-bond donors (Lipinski definition) is 1. The standard InChI is InChI=1S/C33H25N/c1-33(2)29-14-8-7-13-23(29)26-16-28-27-15-24-21-11-5-3-9-19(21)20-10-4-6-12-22(20)25(24)17-31(27)34-32(28)18-30(26)33/h3-16,18,31,34H,17H2,1-2H3. The van der Waals surface area contributed by atoms with Crippen molar-refractivity contribution in [3.8, 4) is 11.1 Å². The molecule has 1 atom stereocenters. The van der Waals surface area contributed by atoms with Gasteiger partial charge in [0.05, 0.1) is 6.04 Å². The van der Waals surface area contributed by atoms with E-state index in [0.29, 0.717) is 6.04 Å². The number of hydrogen-bond acceptors (Lipinski definition) is 1. The van der Waals surface area contributed by atoms with Crippen molar-refractivity contribution in [2.45, 2.75) is 31.7 Å². The Hall–Kier alpha value is -3.84. The Labute approximate surface area is 199 Å². The topological polar surface area (TPSA) is 12.0 Å². The molecule has 5 aromatic rings. The van der Waals surface area contributed by atoms with Gasteiger partial charge in [-0.15, -0.1) is 0 Å². The number of nitrogens with one attached hydrogen (secondary N) is 1. The van der Waals surface area contributed by atoms with E-state index in [1.165, 1.54) is 71.7 Å². The molecule has 0 saturated heterocycles. The van der Waals surface area contributed by atoms with Crippen molar-refractivity contribution in [1.82, 2.24) is 0 Å². The van der Waals surface area contributed by atoms with Crippen LogP contribution in [-0.4, -0.2) is 6.04 Å². The summed E-state index contributed by atoms with van der Waals surface area (Å²) < 4.78 is 0. The molecule has 1 heterocycles. The highest BCUT2D eigenvalue weighted by Crippen LogP contribution is 2.53. The van der Waals surface area contributed by atoms with Gasteiger partial charge in [-0.05, 0) is 85.1 Å². The summed E-state index contributed by atoms with van der Waals surface area (Å²) in [5.41, 5.74) is 12.7. The van der Waals surface area contributed by atoms with Gasteiger partial charge in [0.15, 0.2) is 0 Å². The van der Waals surface area contributed by atoms with Crippen LogP contribution in [0.2, 0.25) is 0 Å². The molecule has 0 fully saturated rings. The van der Waals surface area contributed by atoms with Crippen molar-refractivity contribution in [2.24, 2.45) is 0 Å². The van der Waals surface area contributed by atoms with Crippen LogP contribution in [0.5, 0.6) is 0 Å². The average Bonchev–Trinajstić information content (AvgIpc) is 3.34. The lowest BCUT2D eigenvalue weighted by atomic mass is 9.80. The Bertz CT molecular complexity index is 1730. The third-order valence-corrected chi connectivity index (χ3v) is 8.53. The van der Waals surface area contributed by atoms with Gasteiger partial charge >= 0.3 is 0 Å². The highest BCUT2D eigenvalue weighted by atomic mass is 15.0. The van der Waals surface area contributed by atoms with E-state index in [0.717, 1.165) is 6.42 Å². The summed E-state index contributed by atoms with van der Waals surface area (Å²) in [5, 5.41) is 9.38. The molecule has 1 unspecified atom stereocenters. The first kappa shape index (κ1) is 18.6. The molecule has 3 aliphatic rings. The van der Waals surface area contributed by atoms with Gasteiger partial charge in [0.25, 0.3) is 0 Å². The second kappa shape index (κ2) is 6.18. The fourth-order valence-electron chi connectivity index (χ4n) is 6.88. The molecule has 1 N–H and O–H groups in total. The van der Waals surface area contributed by atoms with Crippen molar-refractivity contribution in [2.75, 3.05) is 5.32 Å². The van der Waals surface area contributed by atoms with E-state index in [1.807, 2.05) is 0 Å². The summed E-state index contributed by atoms with van der Waals surface area (Å²) >= 11 is 0. The summed E-state index contributed by atoms with van der Waals surface area (Å²) in [5.74, 6) is 0. The molecule has 0 saturated carbocycles. The molecule has 0 radical (unpaired) electrons. The zero-order valence-electron chi connectivity index (χ0n) is 19.4. The second-order valence-corrected chi connectivity index (χ2v) is 10.6. The van der Waals surface area contributed by atoms with Gasteiger partial charge in [0, 0.05) is 16.7 Å². The SMILES string of the molecule is CC1(C)c2ccccc2-c2cc3c(cc21)NC1Cc2c(c4ccccc4c4ccccc24)C=C31. The minimum absolute atomic E-state index is 0.0279. The Morgan fingerprint density at radius 2 is 1.35 bits per heavy atom. The molecule has 0 aromatic heterocycles. The minimum Gasteiger partial charge on any atom is -0.377 e. The van der Waals surface area contributed by atoms with E-state index < -0.39 is 0 Å². The van der Waals surface area contributed by atoms with Crippen LogP contribution in [0.4, 0.5) is 5.69 Å². The maximum Gasteiger partial charge on any atom is 0.0561 e. The first-order chi connectivity index (χ1) is 16.6. The fraction of sp³-hybridized carbons (Fsp3) is 0.152. The van der Waals surface area contributed by atoms with Crippen LogP contribution >= 0.6 is 0 Å². The van der Waals surface area contributed by atoms with Gasteiger partial charge < -0.3 is 5.32 Å². The van der Waals surface area contributed by atoms with Crippen LogP contribution in [0.1, 0.15) is 41.7 Å². The molecule has 1 nitrogen and oxygen atoms in total. The zero-order valence-corrected chi connectivity index (χ0v) is 19.4. The normalized spacial score (nSPS) is 18.5. The maximum absolute atomic E-state index is 3.92. The molecule has 162 valence electrons. The summed E-state index contributed by atoms with van der Waals surface area (Å²) in [4.78, 5) is 0. The summed E-state index contributed by atoms with van der Waals surface area (Å²) in [6, 6.07) is 32.0. The molecule has 34 heavy (non-hydrogen) atoms. The molecular weight excluding hydrogens is 410 g/mol. The van der Waals surface area contributed by atoms with Crippen LogP contribution in [-0.2, 0) is 11.8 Å². The van der Waals surface area contributed by atoms with Crippen molar-refractivity contribution in [3.05, 3.63) is 113 Å². The van der Waals surface area contributed by atoms with Crippen molar-refractivity contribution >= 4 is 38.9 Å². The molecule has 5 aromatic carbocycles. The van der Waals surface area contributed by atoms with Crippen LogP contribution < -0.4 is 5.32 Å². The monoisotopic (exact) mass is 435 g/mol. The lowest BCUT2D eigenvalue weighted by Gasteiger charge is -2.24. The van der Waals surface area contributed by atoms with Crippen LogP contribution in [0, 0.1) is 0 Å². The molecule has 1 heteroatoms. The lowest BCUT2D eigenvalue weighted by Crippen LogP contribution is -2.21. The van der Waals surface area contributed by atoms with E-state index in [2.05, 4.69) is 110 Å². The van der Waals surface area contributed by atoms with E-state index in [4.69, 9.17) is 0 Å². The molecule has 0 spiro atoms. The minimum atomic E-state index is 0.0279. The molecule has 0 bridgehead atoms. The first-order valence-corrected chi connectivity index (χ1v) is 12.3. The number of fused-ring (bicyclic) bond motifs is 12. The Morgan fingerprint density at radius 3 is 2.18 bits per heavy atom. The van der Waals surface area contributed by atoms with E-state index in [1.54, 1.807) is 0 Å². The van der Waals surface area contributed by atoms with Crippen molar-refractivity contribution < 1.29 is 0 Å². The van der Waals surface area contributed by atoms with Gasteiger partial charge in [-0.1, -0.05) is 86.6 Å². The highest BCUT2D eigenvalue weighted by molar-refractivity contribution is 6.15. The number of rotatable bonds is 0. The average molecular weight is 436 g/mol. The van der Waals surface area contributed by atoms with Crippen molar-refractivity contribution in [1.29, 1.82) is 0 Å². The van der Waals surface area contributed by atoms with Crippen LogP contribution in [0.25, 0.3) is 44.3 Å². The maximum atomic E-state index is 3.92. The quantitative estimate of drug-likeness (QED) is 0.242. The second-order valence-electron chi connectivity index (χ2n) is 10.6. The van der Waals surface area contributed by atoms with Crippen molar-refractivity contribution in [3.63, 3.8) is 0 Å². The smallest absolute Gasteiger partial charge is 0.0561 e. The highest BCUT2D eigenvalue weighted by Gasteiger charge is 2.39. The van der Waals surface area contributed by atoms with Gasteiger partial charge in [-0.2, -0.15) is 0 Å². The van der Waals surface area contributed by atoms with E-state index in [9.17, 15) is 0 Å². The first-order valence-electron chi connectivity index (χ1n) is 12.3. The van der Waals surface area contributed by atoms with Gasteiger partial charge in [-0.25, -0.2) is 0 Å². The van der Waals surface area contributed by atoms with Gasteiger partial charge in [0.2, 0.25) is 0 Å². The van der Waals surface area contributed by atoms with E-state index >= 15 is 0 Å².